The molecule has 0 fully saturated rings. The molecule has 0 aliphatic carbocycles. The van der Waals surface area contributed by atoms with Gasteiger partial charge in [-0.1, -0.05) is 41.4 Å². The van der Waals surface area contributed by atoms with Crippen LogP contribution in [0, 0.1) is 10.5 Å². The van der Waals surface area contributed by atoms with Crippen LogP contribution in [0.1, 0.15) is 21.5 Å². The summed E-state index contributed by atoms with van der Waals surface area (Å²) in [6.07, 6.45) is 0.831. The number of aryl methyl sites for hydroxylation is 1. The zero-order chi connectivity index (χ0) is 14.5. The molecule has 0 atom stereocenters. The van der Waals surface area contributed by atoms with E-state index in [4.69, 9.17) is 11.6 Å². The topological polar surface area (TPSA) is 29.1 Å². The molecule has 1 N–H and O–H groups in total. The average Bonchev–Trinajstić information content (AvgIpc) is 2.38. The second-order valence-electron chi connectivity index (χ2n) is 4.62. The summed E-state index contributed by atoms with van der Waals surface area (Å²) in [6, 6.07) is 13.6. The SMILES string of the molecule is Cc1cccc(CCNC(=O)c2ccc(Cl)cc2I)c1. The van der Waals surface area contributed by atoms with Crippen molar-refractivity contribution in [3.8, 4) is 0 Å². The molecule has 0 radical (unpaired) electrons. The Labute approximate surface area is 137 Å². The molecule has 0 spiro atoms. The Morgan fingerprint density at radius 2 is 2.05 bits per heavy atom. The van der Waals surface area contributed by atoms with Gasteiger partial charge in [0.05, 0.1) is 5.56 Å². The van der Waals surface area contributed by atoms with Crippen molar-refractivity contribution >= 4 is 40.1 Å². The zero-order valence-corrected chi connectivity index (χ0v) is 14.0. The van der Waals surface area contributed by atoms with E-state index in [9.17, 15) is 4.79 Å². The van der Waals surface area contributed by atoms with Gasteiger partial charge in [0.1, 0.15) is 0 Å². The van der Waals surface area contributed by atoms with Crippen molar-refractivity contribution < 1.29 is 4.79 Å². The number of nitrogens with one attached hydrogen (secondary N) is 1. The Kier molecular flexibility index (Phi) is 5.43. The maximum atomic E-state index is 12.1. The smallest absolute Gasteiger partial charge is 0.252 e. The summed E-state index contributed by atoms with van der Waals surface area (Å²) >= 11 is 8.01. The molecule has 0 aliphatic heterocycles. The molecule has 20 heavy (non-hydrogen) atoms. The molecule has 2 nitrogen and oxygen atoms in total. The van der Waals surface area contributed by atoms with Crippen LogP contribution in [0.25, 0.3) is 0 Å². The number of hydrogen-bond donors (Lipinski definition) is 1. The molecule has 0 saturated heterocycles. The van der Waals surface area contributed by atoms with Crippen LogP contribution in [-0.4, -0.2) is 12.5 Å². The third-order valence-corrected chi connectivity index (χ3v) is 4.09. The van der Waals surface area contributed by atoms with Gasteiger partial charge in [0.25, 0.3) is 5.91 Å². The molecule has 4 heteroatoms. The molecule has 2 aromatic carbocycles. The first-order chi connectivity index (χ1) is 9.56. The highest BCUT2D eigenvalue weighted by Gasteiger charge is 2.09. The van der Waals surface area contributed by atoms with E-state index in [0.717, 1.165) is 9.99 Å². The summed E-state index contributed by atoms with van der Waals surface area (Å²) in [5.74, 6) is -0.0567. The van der Waals surface area contributed by atoms with Gasteiger partial charge in [0.15, 0.2) is 0 Å². The van der Waals surface area contributed by atoms with Crippen LogP contribution < -0.4 is 5.32 Å². The minimum absolute atomic E-state index is 0.0567. The van der Waals surface area contributed by atoms with E-state index in [2.05, 4.69) is 53.0 Å². The Balaban J connectivity index is 1.92. The van der Waals surface area contributed by atoms with E-state index >= 15 is 0 Å². The van der Waals surface area contributed by atoms with Gasteiger partial charge in [-0.2, -0.15) is 0 Å². The molecule has 0 saturated carbocycles. The highest BCUT2D eigenvalue weighted by molar-refractivity contribution is 14.1. The molecular weight excluding hydrogens is 385 g/mol. The normalized spacial score (nSPS) is 10.3. The van der Waals surface area contributed by atoms with Crippen LogP contribution in [0.3, 0.4) is 0 Å². The lowest BCUT2D eigenvalue weighted by atomic mass is 10.1. The van der Waals surface area contributed by atoms with Crippen molar-refractivity contribution in [1.82, 2.24) is 5.32 Å². The predicted molar refractivity (Wildman–Crippen MR) is 91.4 cm³/mol. The summed E-state index contributed by atoms with van der Waals surface area (Å²) in [6.45, 7) is 2.69. The second-order valence-corrected chi connectivity index (χ2v) is 6.22. The molecule has 2 rings (SSSR count). The first-order valence-electron chi connectivity index (χ1n) is 6.35. The van der Waals surface area contributed by atoms with Gasteiger partial charge >= 0.3 is 0 Å². The number of halogens is 2. The van der Waals surface area contributed by atoms with Gasteiger partial charge in [0, 0.05) is 15.1 Å². The minimum atomic E-state index is -0.0567. The third kappa shape index (κ3) is 4.21. The Morgan fingerprint density at radius 1 is 1.25 bits per heavy atom. The number of carbonyl (C=O) groups excluding carboxylic acids is 1. The maximum absolute atomic E-state index is 12.1. The fourth-order valence-corrected chi connectivity index (χ4v) is 3.07. The maximum Gasteiger partial charge on any atom is 0.252 e. The molecule has 0 aromatic heterocycles. The third-order valence-electron chi connectivity index (χ3n) is 2.96. The van der Waals surface area contributed by atoms with E-state index < -0.39 is 0 Å². The highest BCUT2D eigenvalue weighted by Crippen LogP contribution is 2.17. The van der Waals surface area contributed by atoms with E-state index in [1.165, 1.54) is 11.1 Å². The largest absolute Gasteiger partial charge is 0.352 e. The van der Waals surface area contributed by atoms with Gasteiger partial charge in [-0.15, -0.1) is 0 Å². The Morgan fingerprint density at radius 3 is 2.75 bits per heavy atom. The Hall–Kier alpha value is -1.07. The molecule has 0 heterocycles. The first kappa shape index (κ1) is 15.3. The lowest BCUT2D eigenvalue weighted by Crippen LogP contribution is -2.26. The lowest BCUT2D eigenvalue weighted by Gasteiger charge is -2.08. The molecule has 2 aromatic rings. The quantitative estimate of drug-likeness (QED) is 0.766. The number of rotatable bonds is 4. The first-order valence-corrected chi connectivity index (χ1v) is 7.81. The molecule has 0 unspecified atom stereocenters. The summed E-state index contributed by atoms with van der Waals surface area (Å²) in [4.78, 5) is 12.1. The summed E-state index contributed by atoms with van der Waals surface area (Å²) < 4.78 is 0.864. The highest BCUT2D eigenvalue weighted by atomic mass is 127. The van der Waals surface area contributed by atoms with Crippen LogP contribution >= 0.6 is 34.2 Å². The predicted octanol–water partition coefficient (Wildman–Crippen LogP) is 4.23. The van der Waals surface area contributed by atoms with Crippen molar-refractivity contribution in [1.29, 1.82) is 0 Å². The zero-order valence-electron chi connectivity index (χ0n) is 11.1. The lowest BCUT2D eigenvalue weighted by molar-refractivity contribution is 0.0953. The fraction of sp³-hybridized carbons (Fsp3) is 0.188. The minimum Gasteiger partial charge on any atom is -0.352 e. The van der Waals surface area contributed by atoms with Crippen LogP contribution in [-0.2, 0) is 6.42 Å². The van der Waals surface area contributed by atoms with Gasteiger partial charge < -0.3 is 5.32 Å². The van der Waals surface area contributed by atoms with Crippen molar-refractivity contribution in [3.63, 3.8) is 0 Å². The number of amides is 1. The van der Waals surface area contributed by atoms with E-state index in [1.807, 2.05) is 6.07 Å². The monoisotopic (exact) mass is 399 g/mol. The van der Waals surface area contributed by atoms with Crippen molar-refractivity contribution in [3.05, 3.63) is 67.7 Å². The van der Waals surface area contributed by atoms with Crippen LogP contribution in [0.4, 0.5) is 0 Å². The van der Waals surface area contributed by atoms with Crippen LogP contribution in [0.2, 0.25) is 5.02 Å². The average molecular weight is 400 g/mol. The summed E-state index contributed by atoms with van der Waals surface area (Å²) in [5.41, 5.74) is 3.14. The van der Waals surface area contributed by atoms with Gasteiger partial charge in [-0.3, -0.25) is 4.79 Å². The van der Waals surface area contributed by atoms with Crippen LogP contribution in [0.15, 0.2) is 42.5 Å². The number of carbonyl (C=O) groups is 1. The Bertz CT molecular complexity index is 628. The standard InChI is InChI=1S/C16H15ClINO/c1-11-3-2-4-12(9-11)7-8-19-16(20)14-6-5-13(17)10-15(14)18/h2-6,9-10H,7-8H2,1H3,(H,19,20). The van der Waals surface area contributed by atoms with E-state index in [0.29, 0.717) is 17.1 Å². The van der Waals surface area contributed by atoms with Crippen molar-refractivity contribution in [2.24, 2.45) is 0 Å². The molecule has 1 amide bonds. The number of hydrogen-bond acceptors (Lipinski definition) is 1. The molecule has 0 aliphatic rings. The van der Waals surface area contributed by atoms with Gasteiger partial charge in [0.2, 0.25) is 0 Å². The fourth-order valence-electron chi connectivity index (χ4n) is 1.96. The van der Waals surface area contributed by atoms with Gasteiger partial charge in [-0.05, 0) is 59.7 Å². The molecular formula is C16H15ClINO. The van der Waals surface area contributed by atoms with E-state index in [1.54, 1.807) is 18.2 Å². The van der Waals surface area contributed by atoms with Gasteiger partial charge in [-0.25, -0.2) is 0 Å². The molecule has 104 valence electrons. The summed E-state index contributed by atoms with van der Waals surface area (Å²) in [7, 11) is 0. The van der Waals surface area contributed by atoms with E-state index in [-0.39, 0.29) is 5.91 Å². The molecule has 0 bridgehead atoms. The number of benzene rings is 2. The second kappa shape index (κ2) is 7.09. The van der Waals surface area contributed by atoms with Crippen molar-refractivity contribution in [2.75, 3.05) is 6.54 Å². The van der Waals surface area contributed by atoms with Crippen LogP contribution in [0.5, 0.6) is 0 Å². The summed E-state index contributed by atoms with van der Waals surface area (Å²) in [5, 5.41) is 3.58. The van der Waals surface area contributed by atoms with Crippen molar-refractivity contribution in [2.45, 2.75) is 13.3 Å².